The van der Waals surface area contributed by atoms with Gasteiger partial charge >= 0.3 is 0 Å². The number of rotatable bonds is 3. The van der Waals surface area contributed by atoms with Gasteiger partial charge in [-0.05, 0) is 22.3 Å². The van der Waals surface area contributed by atoms with Gasteiger partial charge in [-0.15, -0.1) is 0 Å². The minimum absolute atomic E-state index is 1.31. The average Bonchev–Trinajstić information content (AvgIpc) is 3.03. The van der Waals surface area contributed by atoms with Gasteiger partial charge in [-0.3, -0.25) is 0 Å². The van der Waals surface area contributed by atoms with Gasteiger partial charge in [-0.1, -0.05) is 114 Å². The fraction of sp³-hybridized carbons (Fsp3) is 0.0435. The van der Waals surface area contributed by atoms with Crippen molar-refractivity contribution in [2.45, 2.75) is 6.55 Å². The Labute approximate surface area is 144 Å². The molecule has 0 saturated heterocycles. The quantitative estimate of drug-likeness (QED) is 0.579. The number of hydrogen-bond donors (Lipinski definition) is 0. The molecule has 1 heteroatoms. The zero-order chi connectivity index (χ0) is 16.4. The monoisotopic (exact) mass is 324 g/mol. The van der Waals surface area contributed by atoms with Gasteiger partial charge in [-0.2, -0.15) is 0 Å². The second-order valence-electron chi connectivity index (χ2n) is 6.50. The highest BCUT2D eigenvalue weighted by atomic mass is 28.3. The largest absolute Gasteiger partial charge is 0.132 e. The molecule has 1 heterocycles. The lowest BCUT2D eigenvalue weighted by Gasteiger charge is -2.17. The molecule has 1 aliphatic heterocycles. The molecule has 1 aliphatic rings. The van der Waals surface area contributed by atoms with Crippen LogP contribution in [-0.2, 0) is 0 Å². The molecule has 0 N–H and O–H groups in total. The van der Waals surface area contributed by atoms with Gasteiger partial charge in [0.15, 0.2) is 0 Å². The molecule has 0 fully saturated rings. The molecule has 0 nitrogen and oxygen atoms in total. The van der Waals surface area contributed by atoms with Crippen LogP contribution in [0.3, 0.4) is 0 Å². The smallest absolute Gasteiger partial charge is 0.0780 e. The Morgan fingerprint density at radius 2 is 0.875 bits per heavy atom. The van der Waals surface area contributed by atoms with E-state index < -0.39 is 8.07 Å². The number of allylic oxidation sites excluding steroid dienone is 2. The summed E-state index contributed by atoms with van der Waals surface area (Å²) in [6.45, 7) is 2.43. The minimum atomic E-state index is -1.78. The van der Waals surface area contributed by atoms with E-state index in [-0.39, 0.29) is 0 Å². The second-order valence-corrected chi connectivity index (χ2v) is 10.2. The topological polar surface area (TPSA) is 0 Å². The maximum absolute atomic E-state index is 2.54. The fourth-order valence-corrected chi connectivity index (χ4v) is 6.64. The average molecular weight is 324 g/mol. The molecule has 0 spiro atoms. The summed E-state index contributed by atoms with van der Waals surface area (Å²) in [5.41, 5.74) is 10.4. The molecule has 0 saturated carbocycles. The van der Waals surface area contributed by atoms with Gasteiger partial charge in [0.05, 0.1) is 0 Å². The van der Waals surface area contributed by atoms with Crippen LogP contribution < -0.4 is 5.19 Å². The molecule has 0 atom stereocenters. The summed E-state index contributed by atoms with van der Waals surface area (Å²) in [6.07, 6.45) is 0. The molecule has 116 valence electrons. The molecule has 0 bridgehead atoms. The molecule has 4 rings (SSSR count). The van der Waals surface area contributed by atoms with Crippen LogP contribution in [0.25, 0.3) is 11.1 Å². The van der Waals surface area contributed by atoms with E-state index in [1.165, 1.54) is 27.5 Å². The summed E-state index contributed by atoms with van der Waals surface area (Å²) < 4.78 is 0. The second kappa shape index (κ2) is 6.10. The molecule has 3 aromatic rings. The third-order valence-corrected chi connectivity index (χ3v) is 8.10. The third-order valence-electron chi connectivity index (χ3n) is 4.74. The molecule has 0 aliphatic carbocycles. The zero-order valence-corrected chi connectivity index (χ0v) is 14.8. The lowest BCUT2D eigenvalue weighted by Crippen LogP contribution is -2.40. The Morgan fingerprint density at radius 3 is 1.29 bits per heavy atom. The highest BCUT2D eigenvalue weighted by molar-refractivity contribution is 7.01. The maximum Gasteiger partial charge on any atom is 0.132 e. The van der Waals surface area contributed by atoms with Crippen molar-refractivity contribution in [2.24, 2.45) is 0 Å². The predicted octanol–water partition coefficient (Wildman–Crippen LogP) is 5.23. The van der Waals surface area contributed by atoms with Crippen molar-refractivity contribution in [1.29, 1.82) is 0 Å². The SMILES string of the molecule is C[Si]1(c2ccccc2)C=C(c2ccccc2)C(c2ccccc2)=C1. The van der Waals surface area contributed by atoms with Crippen molar-refractivity contribution >= 4 is 24.4 Å². The molecular formula is C23H20Si. The van der Waals surface area contributed by atoms with Crippen LogP contribution in [0.2, 0.25) is 6.55 Å². The minimum Gasteiger partial charge on any atom is -0.0780 e. The van der Waals surface area contributed by atoms with E-state index in [2.05, 4.69) is 109 Å². The maximum atomic E-state index is 2.54. The van der Waals surface area contributed by atoms with Crippen molar-refractivity contribution in [3.8, 4) is 0 Å². The van der Waals surface area contributed by atoms with E-state index in [1.54, 1.807) is 0 Å². The lowest BCUT2D eigenvalue weighted by atomic mass is 9.95. The van der Waals surface area contributed by atoms with E-state index in [4.69, 9.17) is 0 Å². The summed E-state index contributed by atoms with van der Waals surface area (Å²) in [5, 5.41) is 1.46. The fourth-order valence-electron chi connectivity index (χ4n) is 3.47. The van der Waals surface area contributed by atoms with Crippen LogP contribution in [0.1, 0.15) is 11.1 Å². The van der Waals surface area contributed by atoms with Crippen LogP contribution in [-0.4, -0.2) is 8.07 Å². The molecule has 0 amide bonds. The van der Waals surface area contributed by atoms with Crippen molar-refractivity contribution < 1.29 is 0 Å². The van der Waals surface area contributed by atoms with E-state index >= 15 is 0 Å². The molecule has 0 aromatic heterocycles. The van der Waals surface area contributed by atoms with Gasteiger partial charge in [0, 0.05) is 0 Å². The van der Waals surface area contributed by atoms with Gasteiger partial charge in [0.1, 0.15) is 8.07 Å². The number of hydrogen-bond acceptors (Lipinski definition) is 0. The first kappa shape index (κ1) is 14.9. The van der Waals surface area contributed by atoms with Gasteiger partial charge in [0.2, 0.25) is 0 Å². The highest BCUT2D eigenvalue weighted by Crippen LogP contribution is 2.39. The van der Waals surface area contributed by atoms with Crippen molar-refractivity contribution in [2.75, 3.05) is 0 Å². The summed E-state index contributed by atoms with van der Waals surface area (Å²) in [7, 11) is -1.78. The summed E-state index contributed by atoms with van der Waals surface area (Å²) in [4.78, 5) is 0. The van der Waals surface area contributed by atoms with Gasteiger partial charge in [0.25, 0.3) is 0 Å². The molecule has 3 aromatic carbocycles. The number of benzene rings is 3. The first-order chi connectivity index (χ1) is 11.8. The van der Waals surface area contributed by atoms with Crippen LogP contribution in [0.15, 0.2) is 102 Å². The Balaban J connectivity index is 1.89. The summed E-state index contributed by atoms with van der Waals surface area (Å²) >= 11 is 0. The molecular weight excluding hydrogens is 304 g/mol. The standard InChI is InChI=1S/C23H20Si/c1-24(21-15-9-4-10-16-21)17-22(19-11-5-2-6-12-19)23(18-24)20-13-7-3-8-14-20/h2-18H,1H3. The predicted molar refractivity (Wildman–Crippen MR) is 107 cm³/mol. The van der Waals surface area contributed by atoms with Crippen LogP contribution in [0.4, 0.5) is 0 Å². The Kier molecular flexibility index (Phi) is 3.79. The van der Waals surface area contributed by atoms with Crippen LogP contribution in [0, 0.1) is 0 Å². The van der Waals surface area contributed by atoms with E-state index in [1.807, 2.05) is 0 Å². The van der Waals surface area contributed by atoms with Crippen LogP contribution in [0.5, 0.6) is 0 Å². The van der Waals surface area contributed by atoms with E-state index in [0.29, 0.717) is 0 Å². The Morgan fingerprint density at radius 1 is 0.500 bits per heavy atom. The van der Waals surface area contributed by atoms with Crippen molar-refractivity contribution in [3.05, 3.63) is 114 Å². The Bertz CT molecular complexity index is 835. The third kappa shape index (κ3) is 2.68. The van der Waals surface area contributed by atoms with Crippen molar-refractivity contribution in [1.82, 2.24) is 0 Å². The van der Waals surface area contributed by atoms with E-state index in [9.17, 15) is 0 Å². The summed E-state index contributed by atoms with van der Waals surface area (Å²) in [5.74, 6) is 0. The van der Waals surface area contributed by atoms with Gasteiger partial charge in [-0.25, -0.2) is 0 Å². The Hall–Kier alpha value is -2.64. The normalized spacial score (nSPS) is 15.7. The molecule has 0 unspecified atom stereocenters. The molecule has 24 heavy (non-hydrogen) atoms. The molecule has 0 radical (unpaired) electrons. The summed E-state index contributed by atoms with van der Waals surface area (Å²) in [6, 6.07) is 32.5. The van der Waals surface area contributed by atoms with Gasteiger partial charge < -0.3 is 0 Å². The first-order valence-corrected chi connectivity index (χ1v) is 11.0. The lowest BCUT2D eigenvalue weighted by molar-refractivity contribution is 1.60. The van der Waals surface area contributed by atoms with Crippen molar-refractivity contribution in [3.63, 3.8) is 0 Å². The highest BCUT2D eigenvalue weighted by Gasteiger charge is 2.32. The van der Waals surface area contributed by atoms with Crippen LogP contribution >= 0.6 is 0 Å². The first-order valence-electron chi connectivity index (χ1n) is 8.39. The van der Waals surface area contributed by atoms with E-state index in [0.717, 1.165) is 0 Å². The zero-order valence-electron chi connectivity index (χ0n) is 13.8.